The first-order valence-corrected chi connectivity index (χ1v) is 6.00. The fourth-order valence-corrected chi connectivity index (χ4v) is 2.00. The van der Waals surface area contributed by atoms with Gasteiger partial charge in [0.25, 0.3) is 5.91 Å². The van der Waals surface area contributed by atoms with Gasteiger partial charge in [-0.1, -0.05) is 11.6 Å². The molecule has 0 atom stereocenters. The second kappa shape index (κ2) is 5.42. The van der Waals surface area contributed by atoms with Crippen molar-refractivity contribution in [2.24, 2.45) is 0 Å². The van der Waals surface area contributed by atoms with Gasteiger partial charge in [-0.3, -0.25) is 9.78 Å². The summed E-state index contributed by atoms with van der Waals surface area (Å²) < 4.78 is 0. The molecule has 1 aliphatic rings. The Kier molecular flexibility index (Phi) is 3.91. The molecule has 2 rings (SSSR count). The lowest BCUT2D eigenvalue weighted by Crippen LogP contribution is -2.35. The van der Waals surface area contributed by atoms with Crippen LogP contribution in [0.3, 0.4) is 0 Å². The lowest BCUT2D eigenvalue weighted by Gasteiger charge is -2.19. The topological polar surface area (TPSA) is 49.3 Å². The first-order valence-electron chi connectivity index (χ1n) is 5.62. The quantitative estimate of drug-likeness (QED) is 0.748. The number of hydrogen-bond acceptors (Lipinski definition) is 4. The van der Waals surface area contributed by atoms with E-state index in [9.17, 15) is 4.79 Å². The molecule has 1 aromatic heterocycles. The zero-order chi connectivity index (χ0) is 12.3. The van der Waals surface area contributed by atoms with E-state index in [2.05, 4.69) is 21.9 Å². The highest BCUT2D eigenvalue weighted by Crippen LogP contribution is 2.08. The van der Waals surface area contributed by atoms with Crippen molar-refractivity contribution in [3.05, 3.63) is 23.2 Å². The third-order valence-corrected chi connectivity index (χ3v) is 3.01. The van der Waals surface area contributed by atoms with E-state index in [-0.39, 0.29) is 11.1 Å². The van der Waals surface area contributed by atoms with Crippen molar-refractivity contribution in [2.75, 3.05) is 33.2 Å². The third kappa shape index (κ3) is 3.14. The predicted octanol–water partition coefficient (Wildman–Crippen LogP) is 0.908. The van der Waals surface area contributed by atoms with Crippen molar-refractivity contribution in [2.45, 2.75) is 6.42 Å². The number of carbonyl (C=O) groups is 1. The van der Waals surface area contributed by atoms with Crippen LogP contribution in [0.4, 0.5) is 0 Å². The van der Waals surface area contributed by atoms with E-state index in [4.69, 9.17) is 11.6 Å². The molecule has 0 aliphatic carbocycles. The molecule has 1 aliphatic heterocycles. The average molecular weight is 255 g/mol. The highest BCUT2D eigenvalue weighted by atomic mass is 35.5. The van der Waals surface area contributed by atoms with Crippen molar-refractivity contribution in [1.29, 1.82) is 0 Å². The van der Waals surface area contributed by atoms with Crippen molar-refractivity contribution >= 4 is 17.5 Å². The second-order valence-electron chi connectivity index (χ2n) is 4.18. The predicted molar refractivity (Wildman–Crippen MR) is 65.1 cm³/mol. The van der Waals surface area contributed by atoms with Crippen LogP contribution in [0.2, 0.25) is 5.15 Å². The summed E-state index contributed by atoms with van der Waals surface area (Å²) in [5.74, 6) is -0.0877. The molecule has 2 heterocycles. The SMILES string of the molecule is CN1CCCN(C(=O)c2cncc(Cl)n2)CC1. The molecule has 1 fully saturated rings. The molecular formula is C11H15ClN4O. The number of hydrogen-bond donors (Lipinski definition) is 0. The molecule has 1 amide bonds. The van der Waals surface area contributed by atoms with Gasteiger partial charge in [0.2, 0.25) is 0 Å². The summed E-state index contributed by atoms with van der Waals surface area (Å²) in [6.45, 7) is 3.39. The number of halogens is 1. The number of amides is 1. The van der Waals surface area contributed by atoms with Crippen LogP contribution in [-0.4, -0.2) is 58.9 Å². The first-order chi connectivity index (χ1) is 8.16. The monoisotopic (exact) mass is 254 g/mol. The van der Waals surface area contributed by atoms with E-state index in [1.54, 1.807) is 0 Å². The molecule has 6 heteroatoms. The smallest absolute Gasteiger partial charge is 0.274 e. The Morgan fingerprint density at radius 1 is 1.29 bits per heavy atom. The van der Waals surface area contributed by atoms with Crippen molar-refractivity contribution in [1.82, 2.24) is 19.8 Å². The van der Waals surface area contributed by atoms with Gasteiger partial charge in [-0.15, -0.1) is 0 Å². The van der Waals surface area contributed by atoms with Gasteiger partial charge < -0.3 is 9.80 Å². The first kappa shape index (κ1) is 12.3. The number of likely N-dealkylation sites (N-methyl/N-ethyl adjacent to an activating group) is 1. The van der Waals surface area contributed by atoms with Gasteiger partial charge >= 0.3 is 0 Å². The summed E-state index contributed by atoms with van der Waals surface area (Å²) in [5.41, 5.74) is 0.321. The summed E-state index contributed by atoms with van der Waals surface area (Å²) in [6, 6.07) is 0. The van der Waals surface area contributed by atoms with Gasteiger partial charge in [-0.05, 0) is 20.0 Å². The molecule has 0 N–H and O–H groups in total. The highest BCUT2D eigenvalue weighted by Gasteiger charge is 2.20. The maximum absolute atomic E-state index is 12.2. The molecule has 5 nitrogen and oxygen atoms in total. The van der Waals surface area contributed by atoms with Crippen LogP contribution in [0.15, 0.2) is 12.4 Å². The molecule has 0 radical (unpaired) electrons. The molecule has 0 saturated carbocycles. The van der Waals surface area contributed by atoms with Crippen LogP contribution in [-0.2, 0) is 0 Å². The van der Waals surface area contributed by atoms with Crippen LogP contribution in [0, 0.1) is 0 Å². The van der Waals surface area contributed by atoms with Crippen LogP contribution >= 0.6 is 11.6 Å². The minimum atomic E-state index is -0.0877. The summed E-state index contributed by atoms with van der Waals surface area (Å²) in [7, 11) is 2.06. The second-order valence-corrected chi connectivity index (χ2v) is 4.56. The van der Waals surface area contributed by atoms with E-state index in [1.807, 2.05) is 4.90 Å². The molecule has 17 heavy (non-hydrogen) atoms. The minimum Gasteiger partial charge on any atom is -0.336 e. The summed E-state index contributed by atoms with van der Waals surface area (Å²) >= 11 is 5.73. The van der Waals surface area contributed by atoms with Crippen LogP contribution in [0.5, 0.6) is 0 Å². The molecule has 0 unspecified atom stereocenters. The molecule has 0 bridgehead atoms. The lowest BCUT2D eigenvalue weighted by molar-refractivity contribution is 0.0756. The van der Waals surface area contributed by atoms with Gasteiger partial charge in [0.1, 0.15) is 10.8 Å². The average Bonchev–Trinajstić information content (AvgIpc) is 2.53. The summed E-state index contributed by atoms with van der Waals surface area (Å²) in [4.78, 5) is 24.1. The van der Waals surface area contributed by atoms with Crippen molar-refractivity contribution < 1.29 is 4.79 Å². The molecular weight excluding hydrogens is 240 g/mol. The van der Waals surface area contributed by atoms with E-state index in [0.29, 0.717) is 5.69 Å². The Morgan fingerprint density at radius 2 is 2.12 bits per heavy atom. The van der Waals surface area contributed by atoms with Crippen LogP contribution < -0.4 is 0 Å². The van der Waals surface area contributed by atoms with Gasteiger partial charge in [-0.25, -0.2) is 4.98 Å². The standard InChI is InChI=1S/C11H15ClN4O/c1-15-3-2-4-16(6-5-15)11(17)9-7-13-8-10(12)14-9/h7-8H,2-6H2,1H3. The highest BCUT2D eigenvalue weighted by molar-refractivity contribution is 6.29. The van der Waals surface area contributed by atoms with Crippen LogP contribution in [0.25, 0.3) is 0 Å². The number of carbonyl (C=O) groups excluding carboxylic acids is 1. The Morgan fingerprint density at radius 3 is 2.88 bits per heavy atom. The number of rotatable bonds is 1. The van der Waals surface area contributed by atoms with Gasteiger partial charge in [0.15, 0.2) is 0 Å². The summed E-state index contributed by atoms with van der Waals surface area (Å²) in [5, 5.41) is 0.253. The fraction of sp³-hybridized carbons (Fsp3) is 0.545. The number of aromatic nitrogens is 2. The van der Waals surface area contributed by atoms with Crippen LogP contribution in [0.1, 0.15) is 16.9 Å². The minimum absolute atomic E-state index is 0.0877. The normalized spacial score (nSPS) is 17.9. The van der Waals surface area contributed by atoms with E-state index in [0.717, 1.165) is 32.6 Å². The molecule has 0 spiro atoms. The molecule has 1 saturated heterocycles. The number of nitrogens with zero attached hydrogens (tertiary/aromatic N) is 4. The Balaban J connectivity index is 2.09. The van der Waals surface area contributed by atoms with Gasteiger partial charge in [0, 0.05) is 19.6 Å². The van der Waals surface area contributed by atoms with Crippen molar-refractivity contribution in [3.8, 4) is 0 Å². The van der Waals surface area contributed by atoms with Gasteiger partial charge in [-0.2, -0.15) is 0 Å². The maximum Gasteiger partial charge on any atom is 0.274 e. The fourth-order valence-electron chi connectivity index (χ4n) is 1.86. The molecule has 0 aromatic carbocycles. The van der Waals surface area contributed by atoms with Crippen molar-refractivity contribution in [3.63, 3.8) is 0 Å². The maximum atomic E-state index is 12.2. The van der Waals surface area contributed by atoms with E-state index < -0.39 is 0 Å². The van der Waals surface area contributed by atoms with E-state index >= 15 is 0 Å². The Labute approximate surface area is 105 Å². The lowest BCUT2D eigenvalue weighted by atomic mass is 10.3. The molecule has 1 aromatic rings. The van der Waals surface area contributed by atoms with E-state index in [1.165, 1.54) is 12.4 Å². The zero-order valence-electron chi connectivity index (χ0n) is 9.77. The van der Waals surface area contributed by atoms with Gasteiger partial charge in [0.05, 0.1) is 12.4 Å². The Hall–Kier alpha value is -1.20. The Bertz CT molecular complexity index is 412. The zero-order valence-corrected chi connectivity index (χ0v) is 10.5. The summed E-state index contributed by atoms with van der Waals surface area (Å²) in [6.07, 6.45) is 3.87. The molecule has 92 valence electrons. The largest absolute Gasteiger partial charge is 0.336 e. The third-order valence-electron chi connectivity index (χ3n) is 2.83.